The Labute approximate surface area is 139 Å². The molecule has 0 bridgehead atoms. The van der Waals surface area contributed by atoms with Gasteiger partial charge in [-0.25, -0.2) is 4.79 Å². The summed E-state index contributed by atoms with van der Waals surface area (Å²) in [6.45, 7) is 4.98. The number of rotatable bonds is 3. The van der Waals surface area contributed by atoms with Crippen molar-refractivity contribution in [2.24, 2.45) is 0 Å². The molecule has 1 unspecified atom stereocenters. The first-order valence-electron chi connectivity index (χ1n) is 7.32. The van der Waals surface area contributed by atoms with Crippen molar-refractivity contribution < 1.29 is 14.3 Å². The van der Waals surface area contributed by atoms with E-state index in [0.29, 0.717) is 21.3 Å². The number of ether oxygens (including phenoxy) is 1. The van der Waals surface area contributed by atoms with E-state index < -0.39 is 0 Å². The molecule has 21 heavy (non-hydrogen) atoms. The van der Waals surface area contributed by atoms with Crippen molar-refractivity contribution >= 4 is 34.5 Å². The monoisotopic (exact) mass is 401 g/mol. The number of esters is 1. The van der Waals surface area contributed by atoms with Crippen molar-refractivity contribution in [1.82, 2.24) is 4.90 Å². The van der Waals surface area contributed by atoms with Gasteiger partial charge in [-0.15, -0.1) is 0 Å². The lowest BCUT2D eigenvalue weighted by Gasteiger charge is -2.33. The lowest BCUT2D eigenvalue weighted by Crippen LogP contribution is -2.42. The molecule has 1 aromatic carbocycles. The SMILES string of the molecule is CCOC(=O)c1cccc(C(=O)N2CCCCC2C)c1I. The van der Waals surface area contributed by atoms with Gasteiger partial charge in [0, 0.05) is 16.2 Å². The van der Waals surface area contributed by atoms with Crippen LogP contribution in [0.1, 0.15) is 53.8 Å². The van der Waals surface area contributed by atoms with Gasteiger partial charge in [0.05, 0.1) is 17.7 Å². The van der Waals surface area contributed by atoms with Crippen LogP contribution in [-0.4, -0.2) is 36.0 Å². The highest BCUT2D eigenvalue weighted by Gasteiger charge is 2.27. The minimum absolute atomic E-state index is 0.0118. The zero-order valence-corrected chi connectivity index (χ0v) is 14.6. The third-order valence-electron chi connectivity index (χ3n) is 3.79. The van der Waals surface area contributed by atoms with Gasteiger partial charge in [0.15, 0.2) is 0 Å². The van der Waals surface area contributed by atoms with Crippen LogP contribution in [0.5, 0.6) is 0 Å². The van der Waals surface area contributed by atoms with Gasteiger partial charge in [-0.2, -0.15) is 0 Å². The van der Waals surface area contributed by atoms with Crippen LogP contribution in [0.2, 0.25) is 0 Å². The Morgan fingerprint density at radius 2 is 2.05 bits per heavy atom. The van der Waals surface area contributed by atoms with E-state index in [1.807, 2.05) is 4.90 Å². The number of hydrogen-bond donors (Lipinski definition) is 0. The second-order valence-electron chi connectivity index (χ2n) is 5.23. The van der Waals surface area contributed by atoms with Crippen molar-refractivity contribution in [1.29, 1.82) is 0 Å². The lowest BCUT2D eigenvalue weighted by molar-refractivity contribution is 0.0525. The second kappa shape index (κ2) is 7.24. The highest BCUT2D eigenvalue weighted by Crippen LogP contribution is 2.24. The van der Waals surface area contributed by atoms with Crippen molar-refractivity contribution in [3.8, 4) is 0 Å². The molecule has 1 amide bonds. The Hall–Kier alpha value is -1.11. The van der Waals surface area contributed by atoms with Gasteiger partial charge in [-0.1, -0.05) is 6.07 Å². The van der Waals surface area contributed by atoms with Gasteiger partial charge in [0.25, 0.3) is 5.91 Å². The first-order valence-corrected chi connectivity index (χ1v) is 8.40. The van der Waals surface area contributed by atoms with E-state index in [1.54, 1.807) is 25.1 Å². The molecule has 0 spiro atoms. The molecule has 114 valence electrons. The fraction of sp³-hybridized carbons (Fsp3) is 0.500. The zero-order valence-electron chi connectivity index (χ0n) is 12.4. The fourth-order valence-electron chi connectivity index (χ4n) is 2.62. The summed E-state index contributed by atoms with van der Waals surface area (Å²) < 4.78 is 5.72. The molecule has 0 aromatic heterocycles. The molecule has 1 aliphatic heterocycles. The third-order valence-corrected chi connectivity index (χ3v) is 4.95. The predicted molar refractivity (Wildman–Crippen MR) is 89.5 cm³/mol. The summed E-state index contributed by atoms with van der Waals surface area (Å²) in [4.78, 5) is 26.6. The summed E-state index contributed by atoms with van der Waals surface area (Å²) in [5.41, 5.74) is 1.06. The number of likely N-dealkylation sites (tertiary alicyclic amines) is 1. The van der Waals surface area contributed by atoms with E-state index in [2.05, 4.69) is 29.5 Å². The molecule has 1 aromatic rings. The largest absolute Gasteiger partial charge is 0.462 e. The van der Waals surface area contributed by atoms with Gasteiger partial charge in [-0.3, -0.25) is 4.79 Å². The van der Waals surface area contributed by atoms with Crippen molar-refractivity contribution in [2.45, 2.75) is 39.2 Å². The summed E-state index contributed by atoms with van der Waals surface area (Å²) in [6.07, 6.45) is 3.26. The molecule has 1 saturated heterocycles. The maximum atomic E-state index is 12.7. The van der Waals surface area contributed by atoms with Crippen molar-refractivity contribution in [3.63, 3.8) is 0 Å². The highest BCUT2D eigenvalue weighted by molar-refractivity contribution is 14.1. The summed E-state index contributed by atoms with van der Waals surface area (Å²) in [5, 5.41) is 0. The van der Waals surface area contributed by atoms with Gasteiger partial charge in [0.2, 0.25) is 0 Å². The molecule has 0 saturated carbocycles. The van der Waals surface area contributed by atoms with Crippen LogP contribution in [0.15, 0.2) is 18.2 Å². The number of carbonyl (C=O) groups excluding carboxylic acids is 2. The van der Waals surface area contributed by atoms with Crippen LogP contribution in [0, 0.1) is 3.57 Å². The quantitative estimate of drug-likeness (QED) is 0.576. The first-order chi connectivity index (χ1) is 10.1. The summed E-state index contributed by atoms with van der Waals surface area (Å²) in [5.74, 6) is -0.360. The normalized spacial score (nSPS) is 18.4. The number of benzene rings is 1. The molecule has 0 N–H and O–H groups in total. The maximum Gasteiger partial charge on any atom is 0.339 e. The molecule has 2 rings (SSSR count). The van der Waals surface area contributed by atoms with Crippen LogP contribution in [0.4, 0.5) is 0 Å². The zero-order chi connectivity index (χ0) is 15.4. The molecule has 1 fully saturated rings. The number of halogens is 1. The minimum atomic E-state index is -0.372. The average molecular weight is 401 g/mol. The van der Waals surface area contributed by atoms with Gasteiger partial charge < -0.3 is 9.64 Å². The summed E-state index contributed by atoms with van der Waals surface area (Å²) >= 11 is 2.07. The Kier molecular flexibility index (Phi) is 5.61. The Balaban J connectivity index is 2.29. The van der Waals surface area contributed by atoms with E-state index in [9.17, 15) is 9.59 Å². The Bertz CT molecular complexity index is 544. The highest BCUT2D eigenvalue weighted by atomic mass is 127. The number of piperidine rings is 1. The van der Waals surface area contributed by atoms with Gasteiger partial charge in [-0.05, 0) is 67.8 Å². The van der Waals surface area contributed by atoms with E-state index in [-0.39, 0.29) is 17.9 Å². The minimum Gasteiger partial charge on any atom is -0.462 e. The standard InChI is InChI=1S/C16H20INO3/c1-3-21-16(20)13-9-6-8-12(14(13)17)15(19)18-10-5-4-7-11(18)2/h6,8-9,11H,3-5,7,10H2,1-2H3. The van der Waals surface area contributed by atoms with Crippen molar-refractivity contribution in [3.05, 3.63) is 32.9 Å². The summed E-state index contributed by atoms with van der Waals surface area (Å²) in [6, 6.07) is 5.49. The van der Waals surface area contributed by atoms with E-state index in [4.69, 9.17) is 4.74 Å². The molecule has 0 radical (unpaired) electrons. The van der Waals surface area contributed by atoms with Crippen LogP contribution in [0.25, 0.3) is 0 Å². The van der Waals surface area contributed by atoms with E-state index in [0.717, 1.165) is 19.4 Å². The van der Waals surface area contributed by atoms with Gasteiger partial charge >= 0.3 is 5.97 Å². The number of amides is 1. The molecular formula is C16H20INO3. The van der Waals surface area contributed by atoms with Crippen LogP contribution < -0.4 is 0 Å². The van der Waals surface area contributed by atoms with Crippen LogP contribution in [0.3, 0.4) is 0 Å². The third kappa shape index (κ3) is 3.56. The second-order valence-corrected chi connectivity index (χ2v) is 6.31. The number of hydrogen-bond acceptors (Lipinski definition) is 3. The molecule has 5 heteroatoms. The molecule has 0 aliphatic carbocycles. The molecule has 1 atom stereocenters. The maximum absolute atomic E-state index is 12.7. The Morgan fingerprint density at radius 1 is 1.33 bits per heavy atom. The van der Waals surface area contributed by atoms with E-state index >= 15 is 0 Å². The molecular weight excluding hydrogens is 381 g/mol. The molecule has 1 heterocycles. The topological polar surface area (TPSA) is 46.6 Å². The van der Waals surface area contributed by atoms with E-state index in [1.165, 1.54) is 6.42 Å². The number of carbonyl (C=O) groups is 2. The predicted octanol–water partition coefficient (Wildman–Crippen LogP) is 3.48. The lowest BCUT2D eigenvalue weighted by atomic mass is 10.0. The first kappa shape index (κ1) is 16.3. The molecule has 4 nitrogen and oxygen atoms in total. The van der Waals surface area contributed by atoms with Gasteiger partial charge in [0.1, 0.15) is 0 Å². The smallest absolute Gasteiger partial charge is 0.339 e. The number of nitrogens with zero attached hydrogens (tertiary/aromatic N) is 1. The van der Waals surface area contributed by atoms with Crippen LogP contribution in [-0.2, 0) is 4.74 Å². The fourth-order valence-corrected chi connectivity index (χ4v) is 3.43. The molecule has 1 aliphatic rings. The van der Waals surface area contributed by atoms with Crippen molar-refractivity contribution in [2.75, 3.05) is 13.2 Å². The summed E-state index contributed by atoms with van der Waals surface area (Å²) in [7, 11) is 0. The average Bonchev–Trinajstić information content (AvgIpc) is 2.47. The Morgan fingerprint density at radius 3 is 2.71 bits per heavy atom. The van der Waals surface area contributed by atoms with Crippen LogP contribution >= 0.6 is 22.6 Å².